The number of aryl methyl sites for hydroxylation is 2. The molecule has 0 radical (unpaired) electrons. The predicted molar refractivity (Wildman–Crippen MR) is 87.5 cm³/mol. The Balaban J connectivity index is 1.81. The van der Waals surface area contributed by atoms with Crippen molar-refractivity contribution in [1.29, 1.82) is 0 Å². The van der Waals surface area contributed by atoms with Gasteiger partial charge in [0, 0.05) is 15.1 Å². The third-order valence-electron chi connectivity index (χ3n) is 3.41. The molecule has 20 heavy (non-hydrogen) atoms. The molecule has 0 aliphatic heterocycles. The highest BCUT2D eigenvalue weighted by molar-refractivity contribution is 7.12. The Morgan fingerprint density at radius 3 is 2.70 bits per heavy atom. The second-order valence-electron chi connectivity index (χ2n) is 4.92. The number of hydrogen-bond acceptors (Lipinski definition) is 3. The number of aromatic nitrogens is 1. The Morgan fingerprint density at radius 2 is 1.90 bits per heavy atom. The van der Waals surface area contributed by atoms with Crippen molar-refractivity contribution >= 4 is 28.1 Å². The van der Waals surface area contributed by atoms with Gasteiger partial charge in [0.15, 0.2) is 0 Å². The Hall–Kier alpha value is -1.87. The van der Waals surface area contributed by atoms with Crippen LogP contribution in [-0.4, -0.2) is 4.98 Å². The van der Waals surface area contributed by atoms with Gasteiger partial charge in [-0.1, -0.05) is 25.1 Å². The first-order chi connectivity index (χ1) is 9.76. The summed E-state index contributed by atoms with van der Waals surface area (Å²) in [6.07, 6.45) is 1.11. The minimum atomic E-state index is 0.844. The zero-order valence-electron chi connectivity index (χ0n) is 11.8. The summed E-state index contributed by atoms with van der Waals surface area (Å²) in [4.78, 5) is 7.50. The summed E-state index contributed by atoms with van der Waals surface area (Å²) in [7, 11) is 0. The van der Waals surface area contributed by atoms with E-state index in [0.29, 0.717) is 0 Å². The maximum absolute atomic E-state index is 4.71. The van der Waals surface area contributed by atoms with E-state index >= 15 is 0 Å². The maximum Gasteiger partial charge on any atom is 0.129 e. The van der Waals surface area contributed by atoms with Gasteiger partial charge in [-0.05, 0) is 43.2 Å². The number of fused-ring (bicyclic) bond motifs is 1. The highest BCUT2D eigenvalue weighted by Gasteiger charge is 2.04. The van der Waals surface area contributed by atoms with E-state index in [4.69, 9.17) is 4.98 Å². The third kappa shape index (κ3) is 2.68. The molecule has 0 aliphatic carbocycles. The molecule has 2 nitrogen and oxygen atoms in total. The van der Waals surface area contributed by atoms with Crippen molar-refractivity contribution in [3.05, 3.63) is 57.8 Å². The number of rotatable bonds is 4. The average molecular weight is 282 g/mol. The number of thiophene rings is 1. The molecule has 3 heteroatoms. The van der Waals surface area contributed by atoms with Crippen LogP contribution in [0.25, 0.3) is 10.9 Å². The van der Waals surface area contributed by atoms with Crippen molar-refractivity contribution in [1.82, 2.24) is 4.98 Å². The summed E-state index contributed by atoms with van der Waals surface area (Å²) >= 11 is 1.87. The smallest absolute Gasteiger partial charge is 0.129 e. The first-order valence-corrected chi connectivity index (χ1v) is 7.76. The van der Waals surface area contributed by atoms with E-state index < -0.39 is 0 Å². The molecule has 0 unspecified atom stereocenters. The van der Waals surface area contributed by atoms with Gasteiger partial charge in [0.1, 0.15) is 5.82 Å². The molecule has 0 spiro atoms. The lowest BCUT2D eigenvalue weighted by atomic mass is 10.1. The van der Waals surface area contributed by atoms with Crippen molar-refractivity contribution in [2.75, 3.05) is 5.32 Å². The van der Waals surface area contributed by atoms with Gasteiger partial charge in [-0.25, -0.2) is 4.98 Å². The van der Waals surface area contributed by atoms with Crippen molar-refractivity contribution in [3.8, 4) is 0 Å². The topological polar surface area (TPSA) is 24.9 Å². The van der Waals surface area contributed by atoms with Gasteiger partial charge in [-0.3, -0.25) is 0 Å². The zero-order chi connectivity index (χ0) is 13.9. The van der Waals surface area contributed by atoms with Crippen LogP contribution in [0.1, 0.15) is 22.2 Å². The Kier molecular flexibility index (Phi) is 3.70. The van der Waals surface area contributed by atoms with Crippen LogP contribution < -0.4 is 5.32 Å². The van der Waals surface area contributed by atoms with Gasteiger partial charge in [-0.15, -0.1) is 11.3 Å². The van der Waals surface area contributed by atoms with Gasteiger partial charge < -0.3 is 5.32 Å². The molecule has 0 saturated carbocycles. The molecule has 3 aromatic rings. The van der Waals surface area contributed by atoms with E-state index in [1.54, 1.807) is 0 Å². The number of nitrogens with zero attached hydrogens (tertiary/aromatic N) is 1. The first kappa shape index (κ1) is 13.1. The molecule has 2 aromatic heterocycles. The molecular formula is C17H18N2S. The summed E-state index contributed by atoms with van der Waals surface area (Å²) in [5.41, 5.74) is 2.23. The number of anilines is 1. The number of benzene rings is 1. The van der Waals surface area contributed by atoms with Gasteiger partial charge in [0.05, 0.1) is 12.1 Å². The van der Waals surface area contributed by atoms with Crippen LogP contribution in [0.5, 0.6) is 0 Å². The third-order valence-corrected chi connectivity index (χ3v) is 4.64. The van der Waals surface area contributed by atoms with Crippen LogP contribution in [0.3, 0.4) is 0 Å². The lowest BCUT2D eigenvalue weighted by molar-refractivity contribution is 1.14. The maximum atomic E-state index is 4.71. The second-order valence-corrected chi connectivity index (χ2v) is 6.17. The lowest BCUT2D eigenvalue weighted by Crippen LogP contribution is -2.02. The van der Waals surface area contributed by atoms with Crippen molar-refractivity contribution in [3.63, 3.8) is 0 Å². The van der Waals surface area contributed by atoms with E-state index in [2.05, 4.69) is 55.6 Å². The number of hydrogen-bond donors (Lipinski definition) is 1. The SMILES string of the molecule is CCc1ccc(CNc2nc3ccccc3cc2C)s1. The Bertz CT molecular complexity index is 731. The minimum Gasteiger partial charge on any atom is -0.365 e. The fourth-order valence-corrected chi connectivity index (χ4v) is 3.18. The molecule has 0 fully saturated rings. The molecule has 1 aromatic carbocycles. The van der Waals surface area contributed by atoms with Crippen LogP contribution in [0, 0.1) is 6.92 Å². The second kappa shape index (κ2) is 5.63. The van der Waals surface area contributed by atoms with Gasteiger partial charge in [0.25, 0.3) is 0 Å². The van der Waals surface area contributed by atoms with E-state index in [0.717, 1.165) is 24.3 Å². The summed E-state index contributed by atoms with van der Waals surface area (Å²) < 4.78 is 0. The monoisotopic (exact) mass is 282 g/mol. The number of para-hydroxylation sites is 1. The molecule has 0 aliphatic rings. The van der Waals surface area contributed by atoms with E-state index in [1.165, 1.54) is 20.7 Å². The average Bonchev–Trinajstić information content (AvgIpc) is 2.93. The quantitative estimate of drug-likeness (QED) is 0.745. The van der Waals surface area contributed by atoms with Crippen molar-refractivity contribution in [2.24, 2.45) is 0 Å². The summed E-state index contributed by atoms with van der Waals surface area (Å²) in [5.74, 6) is 0.982. The summed E-state index contributed by atoms with van der Waals surface area (Å²) in [6.45, 7) is 5.14. The molecular weight excluding hydrogens is 264 g/mol. The molecule has 0 atom stereocenters. The minimum absolute atomic E-state index is 0.844. The fourth-order valence-electron chi connectivity index (χ4n) is 2.28. The molecule has 0 saturated heterocycles. The normalized spacial score (nSPS) is 10.9. The number of pyridine rings is 1. The van der Waals surface area contributed by atoms with Crippen LogP contribution >= 0.6 is 11.3 Å². The van der Waals surface area contributed by atoms with Gasteiger partial charge in [-0.2, -0.15) is 0 Å². The predicted octanol–water partition coefficient (Wildman–Crippen LogP) is 4.78. The summed E-state index contributed by atoms with van der Waals surface area (Å²) in [6, 6.07) is 14.8. The lowest BCUT2D eigenvalue weighted by Gasteiger charge is -2.09. The van der Waals surface area contributed by atoms with E-state index in [-0.39, 0.29) is 0 Å². The molecule has 0 amide bonds. The van der Waals surface area contributed by atoms with Crippen molar-refractivity contribution < 1.29 is 0 Å². The van der Waals surface area contributed by atoms with Gasteiger partial charge in [0.2, 0.25) is 0 Å². The van der Waals surface area contributed by atoms with Crippen molar-refractivity contribution in [2.45, 2.75) is 26.8 Å². The van der Waals surface area contributed by atoms with Crippen LogP contribution in [0.15, 0.2) is 42.5 Å². The number of nitrogens with one attached hydrogen (secondary N) is 1. The van der Waals surface area contributed by atoms with Crippen LogP contribution in [0.4, 0.5) is 5.82 Å². The highest BCUT2D eigenvalue weighted by Crippen LogP contribution is 2.22. The largest absolute Gasteiger partial charge is 0.365 e. The fraction of sp³-hybridized carbons (Fsp3) is 0.235. The van der Waals surface area contributed by atoms with Crippen LogP contribution in [-0.2, 0) is 13.0 Å². The molecule has 3 rings (SSSR count). The zero-order valence-corrected chi connectivity index (χ0v) is 12.6. The Morgan fingerprint density at radius 1 is 1.10 bits per heavy atom. The van der Waals surface area contributed by atoms with E-state index in [9.17, 15) is 0 Å². The molecule has 2 heterocycles. The molecule has 0 bridgehead atoms. The van der Waals surface area contributed by atoms with Crippen LogP contribution in [0.2, 0.25) is 0 Å². The highest BCUT2D eigenvalue weighted by atomic mass is 32.1. The van der Waals surface area contributed by atoms with Gasteiger partial charge >= 0.3 is 0 Å². The standard InChI is InChI=1S/C17H18N2S/c1-3-14-8-9-15(20-14)11-18-17-12(2)10-13-6-4-5-7-16(13)19-17/h4-10H,3,11H2,1-2H3,(H,18,19). The first-order valence-electron chi connectivity index (χ1n) is 6.94. The molecule has 102 valence electrons. The summed E-state index contributed by atoms with van der Waals surface area (Å²) in [5, 5.41) is 4.65. The molecule has 1 N–H and O–H groups in total. The van der Waals surface area contributed by atoms with E-state index in [1.807, 2.05) is 17.4 Å². The Labute approximate surface area is 123 Å².